The molecule has 9 heteroatoms. The number of hydrogen-bond acceptors (Lipinski definition) is 7. The Hall–Kier alpha value is -2.13. The van der Waals surface area contributed by atoms with E-state index in [1.54, 1.807) is 13.0 Å². The van der Waals surface area contributed by atoms with Crippen molar-refractivity contribution in [2.24, 2.45) is 0 Å². The zero-order valence-corrected chi connectivity index (χ0v) is 13.2. The van der Waals surface area contributed by atoms with E-state index in [1.807, 2.05) is 0 Å². The van der Waals surface area contributed by atoms with Crippen LogP contribution in [0.1, 0.15) is 17.6 Å². The lowest BCUT2D eigenvalue weighted by atomic mass is 10.0. The number of aromatic nitrogens is 2. The standard InChI is InChI=1S/C14H15N3O5S/c1-9-15-14(22-16-9)10-7-17(8-10)23(18,19)11-2-3-12-13(6-11)21-5-4-20-12/h2-3,6,10H,4-5,7-8H2,1H3. The number of nitrogens with zero attached hydrogens (tertiary/aromatic N) is 3. The second-order valence-electron chi connectivity index (χ2n) is 5.50. The Morgan fingerprint density at radius 2 is 1.91 bits per heavy atom. The summed E-state index contributed by atoms with van der Waals surface area (Å²) >= 11 is 0. The van der Waals surface area contributed by atoms with Crippen LogP contribution in [0, 0.1) is 6.92 Å². The Balaban J connectivity index is 1.53. The number of rotatable bonds is 3. The van der Waals surface area contributed by atoms with E-state index in [-0.39, 0.29) is 10.8 Å². The first kappa shape index (κ1) is 14.5. The van der Waals surface area contributed by atoms with Gasteiger partial charge in [-0.15, -0.1) is 0 Å². The molecule has 0 saturated carbocycles. The normalized spacial score (nSPS) is 18.7. The monoisotopic (exact) mass is 337 g/mol. The maximum Gasteiger partial charge on any atom is 0.243 e. The van der Waals surface area contributed by atoms with Crippen LogP contribution in [0.15, 0.2) is 27.6 Å². The molecule has 0 aliphatic carbocycles. The first-order chi connectivity index (χ1) is 11.0. The Morgan fingerprint density at radius 1 is 1.17 bits per heavy atom. The number of benzene rings is 1. The van der Waals surface area contributed by atoms with E-state index in [1.165, 1.54) is 16.4 Å². The van der Waals surface area contributed by atoms with Crippen molar-refractivity contribution in [1.82, 2.24) is 14.4 Å². The molecule has 0 amide bonds. The molecule has 0 atom stereocenters. The molecule has 2 aromatic rings. The van der Waals surface area contributed by atoms with Crippen LogP contribution in [0.3, 0.4) is 0 Å². The van der Waals surface area contributed by atoms with Crippen molar-refractivity contribution < 1.29 is 22.4 Å². The van der Waals surface area contributed by atoms with Crippen LogP contribution in [0.2, 0.25) is 0 Å². The van der Waals surface area contributed by atoms with Gasteiger partial charge in [-0.25, -0.2) is 8.42 Å². The summed E-state index contributed by atoms with van der Waals surface area (Å²) in [5, 5.41) is 3.73. The van der Waals surface area contributed by atoms with Crippen LogP contribution in [0.25, 0.3) is 0 Å². The molecule has 0 N–H and O–H groups in total. The predicted molar refractivity (Wildman–Crippen MR) is 78.0 cm³/mol. The minimum atomic E-state index is -3.56. The van der Waals surface area contributed by atoms with Gasteiger partial charge in [0.15, 0.2) is 17.3 Å². The summed E-state index contributed by atoms with van der Waals surface area (Å²) < 4.78 is 42.6. The molecule has 0 unspecified atom stereocenters. The SMILES string of the molecule is Cc1noc(C2CN(S(=O)(=O)c3ccc4c(c3)OCCO4)C2)n1. The van der Waals surface area contributed by atoms with E-state index < -0.39 is 10.0 Å². The van der Waals surface area contributed by atoms with Crippen molar-refractivity contribution in [1.29, 1.82) is 0 Å². The largest absolute Gasteiger partial charge is 0.486 e. The third-order valence-electron chi connectivity index (χ3n) is 3.89. The molecule has 2 aliphatic heterocycles. The highest BCUT2D eigenvalue weighted by Gasteiger charge is 2.40. The number of hydrogen-bond donors (Lipinski definition) is 0. The van der Waals surface area contributed by atoms with Crippen LogP contribution >= 0.6 is 0 Å². The fourth-order valence-electron chi connectivity index (χ4n) is 2.60. The van der Waals surface area contributed by atoms with E-state index in [9.17, 15) is 8.42 Å². The molecule has 23 heavy (non-hydrogen) atoms. The average Bonchev–Trinajstić information content (AvgIpc) is 2.91. The summed E-state index contributed by atoms with van der Waals surface area (Å²) in [4.78, 5) is 4.34. The number of ether oxygens (including phenoxy) is 2. The Bertz CT molecular complexity index is 842. The first-order valence-electron chi connectivity index (χ1n) is 7.24. The minimum absolute atomic E-state index is 0.0526. The van der Waals surface area contributed by atoms with Crippen LogP contribution in [0.4, 0.5) is 0 Å². The summed E-state index contributed by atoms with van der Waals surface area (Å²) in [5.41, 5.74) is 0. The van der Waals surface area contributed by atoms with Crippen LogP contribution in [-0.4, -0.2) is 49.2 Å². The zero-order chi connectivity index (χ0) is 16.0. The Kier molecular flexibility index (Phi) is 3.27. The molecular formula is C14H15N3O5S. The van der Waals surface area contributed by atoms with Gasteiger partial charge in [-0.2, -0.15) is 9.29 Å². The summed E-state index contributed by atoms with van der Waals surface area (Å²) in [5.74, 6) is 2.01. The van der Waals surface area contributed by atoms with Crippen molar-refractivity contribution in [3.05, 3.63) is 29.9 Å². The summed E-state index contributed by atoms with van der Waals surface area (Å²) in [7, 11) is -3.56. The van der Waals surface area contributed by atoms with Gasteiger partial charge in [0.2, 0.25) is 15.9 Å². The molecule has 8 nitrogen and oxygen atoms in total. The van der Waals surface area contributed by atoms with Crippen molar-refractivity contribution in [3.8, 4) is 11.5 Å². The van der Waals surface area contributed by atoms with Gasteiger partial charge in [-0.1, -0.05) is 5.16 Å². The molecule has 122 valence electrons. The smallest absolute Gasteiger partial charge is 0.243 e. The average molecular weight is 337 g/mol. The van der Waals surface area contributed by atoms with Gasteiger partial charge in [0.1, 0.15) is 13.2 Å². The summed E-state index contributed by atoms with van der Waals surface area (Å²) in [6, 6.07) is 4.67. The van der Waals surface area contributed by atoms with Crippen LogP contribution < -0.4 is 9.47 Å². The molecule has 0 bridgehead atoms. The van der Waals surface area contributed by atoms with Gasteiger partial charge in [-0.05, 0) is 19.1 Å². The quantitative estimate of drug-likeness (QED) is 0.822. The summed E-state index contributed by atoms with van der Waals surface area (Å²) in [6.45, 7) is 3.28. The molecule has 1 fully saturated rings. The van der Waals surface area contributed by atoms with E-state index in [0.29, 0.717) is 49.5 Å². The molecular weight excluding hydrogens is 322 g/mol. The highest BCUT2D eigenvalue weighted by atomic mass is 32.2. The summed E-state index contributed by atoms with van der Waals surface area (Å²) in [6.07, 6.45) is 0. The molecule has 1 saturated heterocycles. The van der Waals surface area contributed by atoms with Gasteiger partial charge in [0, 0.05) is 19.2 Å². The minimum Gasteiger partial charge on any atom is -0.486 e. The molecule has 0 radical (unpaired) electrons. The topological polar surface area (TPSA) is 94.8 Å². The van der Waals surface area contributed by atoms with Crippen molar-refractivity contribution in [2.45, 2.75) is 17.7 Å². The molecule has 2 aliphatic rings. The molecule has 1 aromatic heterocycles. The highest BCUT2D eigenvalue weighted by molar-refractivity contribution is 7.89. The van der Waals surface area contributed by atoms with Gasteiger partial charge >= 0.3 is 0 Å². The van der Waals surface area contributed by atoms with E-state index in [0.717, 1.165) is 0 Å². The third kappa shape index (κ3) is 2.45. The Morgan fingerprint density at radius 3 is 2.61 bits per heavy atom. The Labute approximate surface area is 133 Å². The number of sulfonamides is 1. The molecule has 0 spiro atoms. The maximum absolute atomic E-state index is 12.6. The van der Waals surface area contributed by atoms with Crippen LogP contribution in [-0.2, 0) is 10.0 Å². The number of fused-ring (bicyclic) bond motifs is 1. The van der Waals surface area contributed by atoms with Crippen molar-refractivity contribution >= 4 is 10.0 Å². The molecule has 4 rings (SSSR count). The second-order valence-corrected chi connectivity index (χ2v) is 7.44. The van der Waals surface area contributed by atoms with Gasteiger partial charge in [0.05, 0.1) is 10.8 Å². The van der Waals surface area contributed by atoms with E-state index in [4.69, 9.17) is 14.0 Å². The zero-order valence-electron chi connectivity index (χ0n) is 12.4. The number of aryl methyl sites for hydroxylation is 1. The molecule has 1 aromatic carbocycles. The fourth-order valence-corrected chi connectivity index (χ4v) is 4.15. The third-order valence-corrected chi connectivity index (χ3v) is 5.72. The second kappa shape index (κ2) is 5.20. The predicted octanol–water partition coefficient (Wildman–Crippen LogP) is 0.937. The highest BCUT2D eigenvalue weighted by Crippen LogP contribution is 2.36. The van der Waals surface area contributed by atoms with E-state index >= 15 is 0 Å². The van der Waals surface area contributed by atoms with Crippen molar-refractivity contribution in [3.63, 3.8) is 0 Å². The van der Waals surface area contributed by atoms with Gasteiger partial charge in [-0.3, -0.25) is 0 Å². The van der Waals surface area contributed by atoms with Gasteiger partial charge in [0.25, 0.3) is 0 Å². The fraction of sp³-hybridized carbons (Fsp3) is 0.429. The molecule has 3 heterocycles. The van der Waals surface area contributed by atoms with E-state index in [2.05, 4.69) is 10.1 Å². The lowest BCUT2D eigenvalue weighted by Crippen LogP contribution is -2.48. The lowest BCUT2D eigenvalue weighted by molar-refractivity contribution is 0.171. The van der Waals surface area contributed by atoms with Crippen LogP contribution in [0.5, 0.6) is 11.5 Å². The first-order valence-corrected chi connectivity index (χ1v) is 8.68. The lowest BCUT2D eigenvalue weighted by Gasteiger charge is -2.35. The maximum atomic E-state index is 12.6. The van der Waals surface area contributed by atoms with Crippen molar-refractivity contribution in [2.75, 3.05) is 26.3 Å². The van der Waals surface area contributed by atoms with Gasteiger partial charge < -0.3 is 14.0 Å².